The summed E-state index contributed by atoms with van der Waals surface area (Å²) in [6.45, 7) is 9.24. The molecule has 0 amide bonds. The lowest BCUT2D eigenvalue weighted by Crippen LogP contribution is -2.12. The van der Waals surface area contributed by atoms with Crippen LogP contribution in [0.25, 0.3) is 0 Å². The molecule has 0 radical (unpaired) electrons. The van der Waals surface area contributed by atoms with Gasteiger partial charge in [0.25, 0.3) is 0 Å². The summed E-state index contributed by atoms with van der Waals surface area (Å²) in [6, 6.07) is 5.65. The van der Waals surface area contributed by atoms with Crippen molar-refractivity contribution in [3.8, 4) is 5.75 Å². The maximum atomic E-state index is 9.17. The normalized spacial score (nSPS) is 10.0. The topological polar surface area (TPSA) is 57.2 Å². The first kappa shape index (κ1) is 20.9. The minimum atomic E-state index is 0.0261. The molecule has 1 N–H and O–H groups in total. The van der Waals surface area contributed by atoms with Gasteiger partial charge in [0.1, 0.15) is 12.4 Å². The summed E-state index contributed by atoms with van der Waals surface area (Å²) < 4.78 is 21.2. The minimum absolute atomic E-state index is 0.0261. The van der Waals surface area contributed by atoms with Crippen LogP contribution in [0, 0.1) is 6.92 Å². The molecule has 0 aliphatic heterocycles. The van der Waals surface area contributed by atoms with Crippen molar-refractivity contribution in [2.75, 3.05) is 46.8 Å². The molecule has 5 heteroatoms. The van der Waals surface area contributed by atoms with Crippen LogP contribution in [0.5, 0.6) is 5.75 Å². The lowest BCUT2D eigenvalue weighted by molar-refractivity contribution is 0.0179. The van der Waals surface area contributed by atoms with Gasteiger partial charge >= 0.3 is 0 Å². The lowest BCUT2D eigenvalue weighted by atomic mass is 10.1. The Morgan fingerprint density at radius 2 is 1.50 bits per heavy atom. The first-order valence-corrected chi connectivity index (χ1v) is 7.76. The Kier molecular flexibility index (Phi) is 14.0. The van der Waals surface area contributed by atoms with Crippen molar-refractivity contribution in [1.29, 1.82) is 0 Å². The van der Waals surface area contributed by atoms with E-state index in [-0.39, 0.29) is 6.61 Å². The Morgan fingerprint density at radius 3 is 2.09 bits per heavy atom. The van der Waals surface area contributed by atoms with Crippen LogP contribution in [-0.2, 0) is 20.8 Å². The Hall–Kier alpha value is -1.14. The van der Waals surface area contributed by atoms with Gasteiger partial charge in [-0.1, -0.05) is 26.0 Å². The molecule has 0 saturated carbocycles. The molecule has 0 aromatic heterocycles. The molecule has 1 rings (SSSR count). The van der Waals surface area contributed by atoms with E-state index in [4.69, 9.17) is 18.9 Å². The quantitative estimate of drug-likeness (QED) is 0.636. The molecule has 128 valence electrons. The molecule has 0 atom stereocenters. The second kappa shape index (κ2) is 14.8. The van der Waals surface area contributed by atoms with Crippen molar-refractivity contribution in [2.24, 2.45) is 0 Å². The van der Waals surface area contributed by atoms with Crippen LogP contribution in [0.3, 0.4) is 0 Å². The average Bonchev–Trinajstić information content (AvgIpc) is 2.56. The Balaban J connectivity index is 0.00000211. The monoisotopic (exact) mass is 314 g/mol. The van der Waals surface area contributed by atoms with Crippen LogP contribution < -0.4 is 4.74 Å². The predicted octanol–water partition coefficient (Wildman–Crippen LogP) is 2.57. The Labute approximate surface area is 134 Å². The molecule has 0 bridgehead atoms. The van der Waals surface area contributed by atoms with Crippen molar-refractivity contribution in [1.82, 2.24) is 0 Å². The molecule has 1 aromatic carbocycles. The zero-order valence-corrected chi connectivity index (χ0v) is 14.3. The highest BCUT2D eigenvalue weighted by molar-refractivity contribution is 5.38. The van der Waals surface area contributed by atoms with Gasteiger partial charge in [0, 0.05) is 7.11 Å². The first-order valence-electron chi connectivity index (χ1n) is 7.76. The molecule has 0 saturated heterocycles. The van der Waals surface area contributed by atoms with Crippen LogP contribution in [0.15, 0.2) is 18.2 Å². The summed E-state index contributed by atoms with van der Waals surface area (Å²) >= 11 is 0. The largest absolute Gasteiger partial charge is 0.491 e. The average molecular weight is 314 g/mol. The summed E-state index contributed by atoms with van der Waals surface area (Å²) in [7, 11) is 1.64. The standard InChI is InChI=1S/C15H24O5.C2H6/c1-13-14(12-16)4-3-5-15(13)20-11-10-19-9-8-18-7-6-17-2;1-2/h3-5,16H,6-12H2,1-2H3;1-2H3. The number of rotatable bonds is 11. The van der Waals surface area contributed by atoms with Crippen molar-refractivity contribution in [3.63, 3.8) is 0 Å². The summed E-state index contributed by atoms with van der Waals surface area (Å²) in [6.07, 6.45) is 0. The number of hydrogen-bond donors (Lipinski definition) is 1. The van der Waals surface area contributed by atoms with Crippen molar-refractivity contribution >= 4 is 0 Å². The second-order valence-corrected chi connectivity index (χ2v) is 4.26. The van der Waals surface area contributed by atoms with Gasteiger partial charge in [-0.2, -0.15) is 0 Å². The third-order valence-electron chi connectivity index (χ3n) is 2.86. The maximum absolute atomic E-state index is 9.17. The third-order valence-corrected chi connectivity index (χ3v) is 2.86. The number of aliphatic hydroxyl groups excluding tert-OH is 1. The van der Waals surface area contributed by atoms with Crippen LogP contribution in [0.4, 0.5) is 0 Å². The molecule has 0 heterocycles. The van der Waals surface area contributed by atoms with Crippen molar-refractivity contribution in [2.45, 2.75) is 27.4 Å². The molecular formula is C17H30O5. The smallest absolute Gasteiger partial charge is 0.122 e. The molecule has 0 aliphatic rings. The molecule has 0 aliphatic carbocycles. The SMILES string of the molecule is CC.COCCOCCOCCOc1cccc(CO)c1C. The highest BCUT2D eigenvalue weighted by Crippen LogP contribution is 2.21. The lowest BCUT2D eigenvalue weighted by Gasteiger charge is -2.11. The van der Waals surface area contributed by atoms with Crippen molar-refractivity contribution in [3.05, 3.63) is 29.3 Å². The maximum Gasteiger partial charge on any atom is 0.122 e. The zero-order chi connectivity index (χ0) is 16.6. The van der Waals surface area contributed by atoms with E-state index in [1.54, 1.807) is 7.11 Å². The number of ether oxygens (including phenoxy) is 4. The molecule has 22 heavy (non-hydrogen) atoms. The van der Waals surface area contributed by atoms with Gasteiger partial charge in [-0.25, -0.2) is 0 Å². The summed E-state index contributed by atoms with van der Waals surface area (Å²) in [5, 5.41) is 9.17. The van der Waals surface area contributed by atoms with Gasteiger partial charge in [0.2, 0.25) is 0 Å². The highest BCUT2D eigenvalue weighted by atomic mass is 16.6. The fourth-order valence-corrected chi connectivity index (χ4v) is 1.66. The molecule has 0 fully saturated rings. The number of methoxy groups -OCH3 is 1. The van der Waals surface area contributed by atoms with E-state index in [1.165, 1.54) is 0 Å². The van der Waals surface area contributed by atoms with Gasteiger partial charge in [0.15, 0.2) is 0 Å². The first-order chi connectivity index (χ1) is 10.8. The Bertz CT molecular complexity index is 368. The minimum Gasteiger partial charge on any atom is -0.491 e. The number of benzene rings is 1. The van der Waals surface area contributed by atoms with Gasteiger partial charge in [0.05, 0.1) is 39.6 Å². The Morgan fingerprint density at radius 1 is 0.909 bits per heavy atom. The fraction of sp³-hybridized carbons (Fsp3) is 0.647. The molecule has 1 aromatic rings. The molecule has 0 unspecified atom stereocenters. The highest BCUT2D eigenvalue weighted by Gasteiger charge is 2.03. The van der Waals surface area contributed by atoms with E-state index >= 15 is 0 Å². The van der Waals surface area contributed by atoms with E-state index in [0.29, 0.717) is 39.6 Å². The van der Waals surface area contributed by atoms with E-state index in [0.717, 1.165) is 16.9 Å². The summed E-state index contributed by atoms with van der Waals surface area (Å²) in [5.41, 5.74) is 1.85. The summed E-state index contributed by atoms with van der Waals surface area (Å²) in [4.78, 5) is 0. The van der Waals surface area contributed by atoms with E-state index in [1.807, 2.05) is 39.0 Å². The number of aliphatic hydroxyl groups is 1. The van der Waals surface area contributed by atoms with Gasteiger partial charge in [-0.15, -0.1) is 0 Å². The van der Waals surface area contributed by atoms with Crippen LogP contribution in [-0.4, -0.2) is 51.9 Å². The van der Waals surface area contributed by atoms with Gasteiger partial charge < -0.3 is 24.1 Å². The van der Waals surface area contributed by atoms with Crippen LogP contribution in [0.1, 0.15) is 25.0 Å². The molecular weight excluding hydrogens is 284 g/mol. The fourth-order valence-electron chi connectivity index (χ4n) is 1.66. The van der Waals surface area contributed by atoms with Crippen LogP contribution >= 0.6 is 0 Å². The van der Waals surface area contributed by atoms with Crippen LogP contribution in [0.2, 0.25) is 0 Å². The number of hydrogen-bond acceptors (Lipinski definition) is 5. The third kappa shape index (κ3) is 9.00. The van der Waals surface area contributed by atoms with Gasteiger partial charge in [-0.3, -0.25) is 0 Å². The zero-order valence-electron chi connectivity index (χ0n) is 14.3. The summed E-state index contributed by atoms with van der Waals surface area (Å²) in [5.74, 6) is 0.788. The second-order valence-electron chi connectivity index (χ2n) is 4.26. The molecule has 0 spiro atoms. The van der Waals surface area contributed by atoms with E-state index < -0.39 is 0 Å². The molecule has 5 nitrogen and oxygen atoms in total. The van der Waals surface area contributed by atoms with E-state index in [2.05, 4.69) is 0 Å². The predicted molar refractivity (Wildman–Crippen MR) is 87.5 cm³/mol. The van der Waals surface area contributed by atoms with Gasteiger partial charge in [-0.05, 0) is 24.1 Å². The van der Waals surface area contributed by atoms with E-state index in [9.17, 15) is 5.11 Å². The van der Waals surface area contributed by atoms with Crippen molar-refractivity contribution < 1.29 is 24.1 Å².